The van der Waals surface area contributed by atoms with E-state index >= 15 is 4.39 Å². The number of aromatic amines is 1. The number of anilines is 1. The highest BCUT2D eigenvalue weighted by molar-refractivity contribution is 5.98. The molecule has 5 heterocycles. The summed E-state index contributed by atoms with van der Waals surface area (Å²) in [6.07, 6.45) is 3.97. The van der Waals surface area contributed by atoms with Crippen LogP contribution in [0.25, 0.3) is 33.1 Å². The summed E-state index contributed by atoms with van der Waals surface area (Å²) in [6, 6.07) is 3.63. The minimum absolute atomic E-state index is 0.00259. The van der Waals surface area contributed by atoms with E-state index < -0.39 is 17.7 Å². The third-order valence-corrected chi connectivity index (χ3v) is 7.97. The Hall–Kier alpha value is -4.10. The number of piperazine rings is 1. The van der Waals surface area contributed by atoms with Gasteiger partial charge in [-0.05, 0) is 52.2 Å². The van der Waals surface area contributed by atoms with E-state index in [0.717, 1.165) is 29.3 Å². The number of aromatic nitrogens is 5. The predicted molar refractivity (Wildman–Crippen MR) is 158 cm³/mol. The van der Waals surface area contributed by atoms with Gasteiger partial charge in [-0.2, -0.15) is 15.1 Å². The maximum absolute atomic E-state index is 16.5. The number of ether oxygens (including phenoxy) is 4. The first-order chi connectivity index (χ1) is 20.6. The Morgan fingerprint density at radius 3 is 2.49 bits per heavy atom. The van der Waals surface area contributed by atoms with E-state index in [4.69, 9.17) is 23.9 Å². The van der Waals surface area contributed by atoms with Crippen molar-refractivity contribution in [3.63, 3.8) is 0 Å². The van der Waals surface area contributed by atoms with Gasteiger partial charge in [-0.3, -0.25) is 15.0 Å². The van der Waals surface area contributed by atoms with E-state index in [-0.39, 0.29) is 42.0 Å². The number of amides is 1. The molecule has 2 aliphatic rings. The number of benzene rings is 1. The number of hydrogen-bond acceptors (Lipinski definition) is 10. The highest BCUT2D eigenvalue weighted by atomic mass is 19.1. The number of nitrogens with one attached hydrogen (secondary N) is 1. The van der Waals surface area contributed by atoms with Crippen molar-refractivity contribution in [3.8, 4) is 17.3 Å². The zero-order valence-corrected chi connectivity index (χ0v) is 25.2. The van der Waals surface area contributed by atoms with Crippen molar-refractivity contribution in [1.29, 1.82) is 0 Å². The number of carbonyl (C=O) groups excluding carboxylic acids is 1. The van der Waals surface area contributed by atoms with Crippen LogP contribution in [0.2, 0.25) is 0 Å². The predicted octanol–water partition coefficient (Wildman–Crippen LogP) is 4.60. The molecule has 2 aliphatic heterocycles. The molecule has 13 heteroatoms. The SMILES string of the molecule is COC(COc1nc(N2CC3CCC(C2)N3C(=O)OC(C)(C)C)c2cnc(-c3c(C)ccc4[nH]ncc34)c(F)c2n1)OC. The molecule has 0 radical (unpaired) electrons. The molecule has 0 spiro atoms. The number of H-pyrrole nitrogens is 1. The van der Waals surface area contributed by atoms with E-state index in [1.807, 2.05) is 44.7 Å². The van der Waals surface area contributed by atoms with Gasteiger partial charge in [0.15, 0.2) is 12.1 Å². The molecule has 4 aromatic rings. The van der Waals surface area contributed by atoms with Gasteiger partial charge < -0.3 is 23.8 Å². The summed E-state index contributed by atoms with van der Waals surface area (Å²) in [5, 5.41) is 8.28. The minimum atomic E-state index is -0.657. The van der Waals surface area contributed by atoms with E-state index in [1.165, 1.54) is 14.2 Å². The lowest BCUT2D eigenvalue weighted by molar-refractivity contribution is -0.123. The quantitative estimate of drug-likeness (QED) is 0.304. The van der Waals surface area contributed by atoms with Crippen LogP contribution in [0.5, 0.6) is 6.01 Å². The topological polar surface area (TPSA) is 128 Å². The summed E-state index contributed by atoms with van der Waals surface area (Å²) >= 11 is 0. The molecule has 2 bridgehead atoms. The largest absolute Gasteiger partial charge is 0.458 e. The fraction of sp³-hybridized carbons (Fsp3) is 0.500. The van der Waals surface area contributed by atoms with E-state index in [1.54, 1.807) is 12.4 Å². The molecule has 0 saturated carbocycles. The number of aryl methyl sites for hydroxylation is 1. The van der Waals surface area contributed by atoms with E-state index in [2.05, 4.69) is 25.1 Å². The molecular weight excluding hydrogens is 557 g/mol. The van der Waals surface area contributed by atoms with Gasteiger partial charge in [0.05, 0.1) is 29.2 Å². The fourth-order valence-corrected chi connectivity index (χ4v) is 6.01. The van der Waals surface area contributed by atoms with Crippen LogP contribution in [0.4, 0.5) is 15.0 Å². The Morgan fingerprint density at radius 2 is 1.81 bits per heavy atom. The van der Waals surface area contributed by atoms with Crippen molar-refractivity contribution in [1.82, 2.24) is 30.0 Å². The van der Waals surface area contributed by atoms with Crippen molar-refractivity contribution in [2.75, 3.05) is 38.8 Å². The lowest BCUT2D eigenvalue weighted by atomic mass is 10.00. The summed E-state index contributed by atoms with van der Waals surface area (Å²) in [4.78, 5) is 30.8. The summed E-state index contributed by atoms with van der Waals surface area (Å²) in [5.74, 6) is -0.100. The van der Waals surface area contributed by atoms with Crippen LogP contribution < -0.4 is 9.64 Å². The molecule has 1 amide bonds. The fourth-order valence-electron chi connectivity index (χ4n) is 6.01. The number of methoxy groups -OCH3 is 2. The van der Waals surface area contributed by atoms with Gasteiger partial charge in [0.2, 0.25) is 0 Å². The van der Waals surface area contributed by atoms with Crippen LogP contribution in [-0.2, 0) is 14.2 Å². The second-order valence-electron chi connectivity index (χ2n) is 12.0. The Labute approximate surface area is 248 Å². The van der Waals surface area contributed by atoms with Crippen LogP contribution >= 0.6 is 0 Å². The van der Waals surface area contributed by atoms with Crippen molar-refractivity contribution < 1.29 is 28.1 Å². The van der Waals surface area contributed by atoms with Gasteiger partial charge in [0.25, 0.3) is 0 Å². The number of nitrogens with zero attached hydrogens (tertiary/aromatic N) is 6. The van der Waals surface area contributed by atoms with Gasteiger partial charge in [0, 0.05) is 44.5 Å². The second kappa shape index (κ2) is 11.2. The monoisotopic (exact) mass is 593 g/mol. The molecule has 1 N–H and O–H groups in total. The number of halogens is 1. The molecular formula is C30H36FN7O5. The van der Waals surface area contributed by atoms with Gasteiger partial charge in [-0.15, -0.1) is 0 Å². The maximum atomic E-state index is 16.5. The van der Waals surface area contributed by atoms with Crippen molar-refractivity contribution in [3.05, 3.63) is 35.9 Å². The molecule has 43 heavy (non-hydrogen) atoms. The number of fused-ring (bicyclic) bond motifs is 4. The highest BCUT2D eigenvalue weighted by Gasteiger charge is 2.45. The molecule has 2 saturated heterocycles. The van der Waals surface area contributed by atoms with Crippen LogP contribution in [0.3, 0.4) is 0 Å². The number of carbonyl (C=O) groups is 1. The Kier molecular flexibility index (Phi) is 7.55. The third-order valence-electron chi connectivity index (χ3n) is 7.97. The number of pyridine rings is 1. The molecule has 3 aromatic heterocycles. The molecule has 2 atom stereocenters. The molecule has 6 rings (SSSR count). The average molecular weight is 594 g/mol. The zero-order valence-electron chi connectivity index (χ0n) is 25.2. The Morgan fingerprint density at radius 1 is 1.09 bits per heavy atom. The minimum Gasteiger partial charge on any atom is -0.458 e. The normalized spacial score (nSPS) is 18.7. The molecule has 228 valence electrons. The Balaban J connectivity index is 1.42. The van der Waals surface area contributed by atoms with E-state index in [9.17, 15) is 4.79 Å². The van der Waals surface area contributed by atoms with Gasteiger partial charge in [-0.1, -0.05) is 6.07 Å². The van der Waals surface area contributed by atoms with Gasteiger partial charge in [-0.25, -0.2) is 9.18 Å². The maximum Gasteiger partial charge on any atom is 0.410 e. The smallest absolute Gasteiger partial charge is 0.410 e. The van der Waals surface area contributed by atoms with Crippen LogP contribution in [-0.4, -0.2) is 94.0 Å². The zero-order chi connectivity index (χ0) is 30.5. The van der Waals surface area contributed by atoms with Crippen molar-refractivity contribution in [2.24, 2.45) is 0 Å². The average Bonchev–Trinajstić information content (AvgIpc) is 3.55. The first-order valence-corrected chi connectivity index (χ1v) is 14.3. The summed E-state index contributed by atoms with van der Waals surface area (Å²) in [7, 11) is 3.00. The third kappa shape index (κ3) is 5.42. The standard InChI is InChI=1S/C30H36FN7O5/c1-16-7-10-21-19(12-33-36-21)23(16)26-24(31)25-20(11-32-26)27(35-28(34-25)42-15-22(40-5)41-6)37-13-17-8-9-18(14-37)38(17)29(39)43-30(2,3)4/h7,10-12,17-18,22H,8-9,13-15H2,1-6H3,(H,33,36). The van der Waals surface area contributed by atoms with E-state index in [0.29, 0.717) is 29.9 Å². The second-order valence-corrected chi connectivity index (χ2v) is 12.0. The lowest BCUT2D eigenvalue weighted by Crippen LogP contribution is -2.57. The van der Waals surface area contributed by atoms with Gasteiger partial charge >= 0.3 is 12.1 Å². The van der Waals surface area contributed by atoms with Crippen LogP contribution in [0.15, 0.2) is 24.5 Å². The summed E-state index contributed by atoms with van der Waals surface area (Å²) < 4.78 is 38.6. The molecule has 1 aromatic carbocycles. The summed E-state index contributed by atoms with van der Waals surface area (Å²) in [5.41, 5.74) is 1.91. The molecule has 2 unspecified atom stereocenters. The van der Waals surface area contributed by atoms with Crippen LogP contribution in [0.1, 0.15) is 39.2 Å². The summed E-state index contributed by atoms with van der Waals surface area (Å²) in [6.45, 7) is 8.48. The molecule has 12 nitrogen and oxygen atoms in total. The molecule has 2 fully saturated rings. The van der Waals surface area contributed by atoms with Gasteiger partial charge in [0.1, 0.15) is 29.2 Å². The molecule has 0 aliphatic carbocycles. The van der Waals surface area contributed by atoms with Crippen molar-refractivity contribution >= 4 is 33.7 Å². The lowest BCUT2D eigenvalue weighted by Gasteiger charge is -2.42. The number of hydrogen-bond donors (Lipinski definition) is 1. The van der Waals surface area contributed by atoms with Crippen LogP contribution in [0, 0.1) is 12.7 Å². The first kappa shape index (κ1) is 29.0. The Bertz CT molecular complexity index is 1650. The van der Waals surface area contributed by atoms with Crippen molar-refractivity contribution in [2.45, 2.75) is 64.5 Å². The first-order valence-electron chi connectivity index (χ1n) is 14.3. The highest BCUT2D eigenvalue weighted by Crippen LogP contribution is 2.39. The number of rotatable bonds is 7.